The first-order valence-electron chi connectivity index (χ1n) is 24.2. The van der Waals surface area contributed by atoms with Crippen LogP contribution in [0, 0.1) is 18.8 Å². The Morgan fingerprint density at radius 2 is 1.16 bits per heavy atom. The van der Waals surface area contributed by atoms with Gasteiger partial charge in [0.25, 0.3) is 10.1 Å². The largest absolute Gasteiger partial charge is 0.460 e. The van der Waals surface area contributed by atoms with Crippen LogP contribution in [-0.4, -0.2) is 57.9 Å². The highest BCUT2D eigenvalue weighted by molar-refractivity contribution is 7.86. The Balaban J connectivity index is 0.000000245. The molecule has 3 fully saturated rings. The van der Waals surface area contributed by atoms with Crippen molar-refractivity contribution in [3.05, 3.63) is 53.3 Å². The molecule has 2 heterocycles. The van der Waals surface area contributed by atoms with Gasteiger partial charge >= 0.3 is 11.9 Å². The van der Waals surface area contributed by atoms with Crippen LogP contribution in [0.25, 0.3) is 0 Å². The minimum Gasteiger partial charge on any atom is -0.460 e. The molecule has 0 bridgehead atoms. The first-order chi connectivity index (χ1) is 30.4. The van der Waals surface area contributed by atoms with Gasteiger partial charge in [-0.1, -0.05) is 124 Å². The van der Waals surface area contributed by atoms with E-state index in [1.54, 1.807) is 12.1 Å². The Morgan fingerprint density at radius 3 is 1.61 bits per heavy atom. The summed E-state index contributed by atoms with van der Waals surface area (Å²) in [4.78, 5) is 34.0. The Morgan fingerprint density at radius 1 is 0.688 bits per heavy atom. The highest BCUT2D eigenvalue weighted by Gasteiger charge is 2.29. The van der Waals surface area contributed by atoms with Crippen LogP contribution in [0.5, 0.6) is 0 Å². The first kappa shape index (κ1) is 51.3. The number of nitrogens with one attached hydrogen (secondary N) is 1. The van der Waals surface area contributed by atoms with Crippen molar-refractivity contribution in [2.24, 2.45) is 11.8 Å². The van der Waals surface area contributed by atoms with E-state index < -0.39 is 21.3 Å². The Kier molecular flexibility index (Phi) is 19.8. The first-order valence-corrected chi connectivity index (χ1v) is 25.6. The van der Waals surface area contributed by atoms with Gasteiger partial charge in [-0.05, 0) is 98.1 Å². The van der Waals surface area contributed by atoms with Crippen molar-refractivity contribution in [1.82, 2.24) is 25.6 Å². The number of carbonyl (C=O) groups is 2. The van der Waals surface area contributed by atoms with E-state index in [1.807, 2.05) is 48.5 Å². The van der Waals surface area contributed by atoms with Crippen LogP contribution in [0.15, 0.2) is 38.2 Å². The lowest BCUT2D eigenvalue weighted by Crippen LogP contribution is -2.34. The molecule has 64 heavy (non-hydrogen) atoms. The van der Waals surface area contributed by atoms with E-state index in [1.165, 1.54) is 102 Å². The summed E-state index contributed by atoms with van der Waals surface area (Å²) >= 11 is 0. The molecule has 3 aliphatic rings. The third-order valence-electron chi connectivity index (χ3n) is 12.4. The molecule has 3 aromatic rings. The van der Waals surface area contributed by atoms with Crippen LogP contribution < -0.4 is 5.32 Å². The lowest BCUT2D eigenvalue weighted by atomic mass is 9.84. The van der Waals surface area contributed by atoms with Gasteiger partial charge < -0.3 is 23.8 Å². The maximum atomic E-state index is 12.5. The number of benzene rings is 1. The summed E-state index contributed by atoms with van der Waals surface area (Å²) < 4.78 is 52.1. The highest BCUT2D eigenvalue weighted by atomic mass is 32.2. The highest BCUT2D eigenvalue weighted by Crippen LogP contribution is 2.33. The molecule has 0 aliphatic heterocycles. The van der Waals surface area contributed by atoms with Crippen molar-refractivity contribution in [2.45, 2.75) is 230 Å². The number of hydrogen-bond acceptors (Lipinski definition) is 14. The average Bonchev–Trinajstić information content (AvgIpc) is 3.89. The Bertz CT molecular complexity index is 1950. The predicted octanol–water partition coefficient (Wildman–Crippen LogP) is 11.1. The number of ether oxygens (including phenoxy) is 2. The van der Waals surface area contributed by atoms with Crippen molar-refractivity contribution in [1.29, 1.82) is 0 Å². The summed E-state index contributed by atoms with van der Waals surface area (Å²) in [7, 11) is -3.95. The average molecular weight is 912 g/mol. The molecular weight excluding hydrogens is 835 g/mol. The summed E-state index contributed by atoms with van der Waals surface area (Å²) in [5, 5.41) is 11.5. The fraction of sp³-hybridized carbons (Fsp3) is 0.755. The minimum atomic E-state index is -3.95. The van der Waals surface area contributed by atoms with Gasteiger partial charge in [-0.3, -0.25) is 13.8 Å². The van der Waals surface area contributed by atoms with Crippen LogP contribution in [-0.2, 0) is 46.5 Å². The standard InChI is InChI=1S/C26H38N2O6S.C23H39N3O3/c1-19-13-15-22(16-14-19)35(30,31)32-18-23-27-25(34-28-23)21(17-24(29)33-26(2,3)4)12-8-11-20-9-6-5-7-10-20;1-23(2,3)28-21(27)15-18(12-7-11-17-9-5-4-6-10-17)22-25-20(26-29-22)16-24-19-13-8-14-19/h13-16,20-21H,5-12,17-18H2,1-4H3;17-19,24H,4-16H2,1-3H3/t21-;18-/m11/s1. The molecule has 6 rings (SSSR count). The molecule has 1 N–H and O–H groups in total. The number of aromatic nitrogens is 4. The van der Waals surface area contributed by atoms with Gasteiger partial charge in [-0.25, -0.2) is 0 Å². The molecular formula is C49H77N5O9S. The molecule has 358 valence electrons. The van der Waals surface area contributed by atoms with Crippen LogP contribution in [0.1, 0.15) is 217 Å². The number of aryl methyl sites for hydroxylation is 1. The van der Waals surface area contributed by atoms with Crippen molar-refractivity contribution >= 4 is 22.1 Å². The normalized spacial score (nSPS) is 17.8. The molecule has 0 spiro atoms. The molecule has 0 radical (unpaired) electrons. The zero-order valence-electron chi connectivity index (χ0n) is 39.8. The number of nitrogens with zero attached hydrogens (tertiary/aromatic N) is 4. The molecule has 0 amide bonds. The van der Waals surface area contributed by atoms with Crippen LogP contribution in [0.3, 0.4) is 0 Å². The zero-order chi connectivity index (χ0) is 46.2. The van der Waals surface area contributed by atoms with Gasteiger partial charge in [0.05, 0.1) is 24.3 Å². The topological polar surface area (TPSA) is 186 Å². The van der Waals surface area contributed by atoms with Gasteiger partial charge in [0.1, 0.15) is 17.8 Å². The fourth-order valence-corrected chi connectivity index (χ4v) is 9.67. The molecule has 15 heteroatoms. The molecule has 2 atom stereocenters. The SMILES string of the molecule is CC(C)(C)OC(=O)C[C@@H](CCCC1CCCCC1)c1nc(CNC2CCC2)no1.Cc1ccc(S(=O)(=O)OCc2noc([C@H](CCCC3CCCCC3)CC(=O)OC(C)(C)C)n2)cc1. The van der Waals surface area contributed by atoms with E-state index in [9.17, 15) is 18.0 Å². The minimum absolute atomic E-state index is 0.0570. The summed E-state index contributed by atoms with van der Waals surface area (Å²) in [5.74, 6) is 2.44. The molecule has 3 saturated carbocycles. The summed E-state index contributed by atoms with van der Waals surface area (Å²) in [6.07, 6.45) is 23.5. The molecule has 1 aromatic carbocycles. The predicted molar refractivity (Wildman–Crippen MR) is 243 cm³/mol. The van der Waals surface area contributed by atoms with Crippen molar-refractivity contribution < 1.29 is 40.7 Å². The molecule has 2 aromatic heterocycles. The number of hydrogen-bond donors (Lipinski definition) is 1. The second-order valence-corrected chi connectivity index (χ2v) is 22.1. The van der Waals surface area contributed by atoms with Crippen molar-refractivity contribution in [3.8, 4) is 0 Å². The van der Waals surface area contributed by atoms with Gasteiger partial charge in [-0.2, -0.15) is 18.4 Å². The zero-order valence-corrected chi connectivity index (χ0v) is 40.6. The number of carbonyl (C=O) groups excluding carboxylic acids is 2. The second-order valence-electron chi connectivity index (χ2n) is 20.5. The van der Waals surface area contributed by atoms with E-state index in [2.05, 4.69) is 25.6 Å². The van der Waals surface area contributed by atoms with Gasteiger partial charge in [0.2, 0.25) is 11.8 Å². The van der Waals surface area contributed by atoms with E-state index >= 15 is 0 Å². The van der Waals surface area contributed by atoms with Crippen LogP contribution in [0.2, 0.25) is 0 Å². The van der Waals surface area contributed by atoms with Crippen LogP contribution >= 0.6 is 0 Å². The van der Waals surface area contributed by atoms with Crippen LogP contribution in [0.4, 0.5) is 0 Å². The fourth-order valence-electron chi connectivity index (χ4n) is 8.80. The lowest BCUT2D eigenvalue weighted by Gasteiger charge is -2.25. The van der Waals surface area contributed by atoms with E-state index in [0.717, 1.165) is 49.5 Å². The lowest BCUT2D eigenvalue weighted by molar-refractivity contribution is -0.156. The second kappa shape index (κ2) is 24.7. The molecule has 0 saturated heterocycles. The maximum Gasteiger partial charge on any atom is 0.307 e. The van der Waals surface area contributed by atoms with Gasteiger partial charge in [-0.15, -0.1) is 0 Å². The van der Waals surface area contributed by atoms with E-state index in [-0.39, 0.29) is 47.5 Å². The maximum absolute atomic E-state index is 12.5. The summed E-state index contributed by atoms with van der Waals surface area (Å²) in [5.41, 5.74) is -0.107. The quantitative estimate of drug-likeness (QED) is 0.0785. The number of esters is 2. The van der Waals surface area contributed by atoms with Gasteiger partial charge in [0.15, 0.2) is 11.6 Å². The summed E-state index contributed by atoms with van der Waals surface area (Å²) in [6.45, 7) is 13.4. The summed E-state index contributed by atoms with van der Waals surface area (Å²) in [6, 6.07) is 6.99. The van der Waals surface area contributed by atoms with Crippen molar-refractivity contribution in [3.63, 3.8) is 0 Å². The monoisotopic (exact) mass is 912 g/mol. The third-order valence-corrected chi connectivity index (χ3v) is 13.7. The van der Waals surface area contributed by atoms with Gasteiger partial charge in [0, 0.05) is 17.9 Å². The third kappa shape index (κ3) is 18.7. The molecule has 0 unspecified atom stereocenters. The Labute approximate surface area is 382 Å². The number of rotatable bonds is 21. The smallest absolute Gasteiger partial charge is 0.307 e. The molecule has 3 aliphatic carbocycles. The van der Waals surface area contributed by atoms with E-state index in [0.29, 0.717) is 36.6 Å². The van der Waals surface area contributed by atoms with E-state index in [4.69, 9.17) is 22.7 Å². The Hall–Kier alpha value is -3.69. The molecule has 14 nitrogen and oxygen atoms in total. The van der Waals surface area contributed by atoms with Crippen molar-refractivity contribution in [2.75, 3.05) is 0 Å².